The van der Waals surface area contributed by atoms with Crippen LogP contribution in [-0.4, -0.2) is 89.9 Å². The Hall–Kier alpha value is -2.53. The van der Waals surface area contributed by atoms with Crippen molar-refractivity contribution in [2.24, 2.45) is 46.3 Å². The molecule has 4 atom stereocenters. The number of hydrogen-bond donors (Lipinski definition) is 2. The van der Waals surface area contributed by atoms with E-state index in [-0.39, 0.29) is 47.6 Å². The number of carbonyl (C=O) groups excluding carboxylic acids is 4. The van der Waals surface area contributed by atoms with Crippen LogP contribution < -0.4 is 10.6 Å². The molecule has 2 aliphatic heterocycles. The highest BCUT2D eigenvalue weighted by atomic mass is 32.1. The molecule has 1 spiro atoms. The summed E-state index contributed by atoms with van der Waals surface area (Å²) in [6, 6.07) is -0.844. The lowest BCUT2D eigenvalue weighted by Gasteiger charge is -2.54. The summed E-state index contributed by atoms with van der Waals surface area (Å²) in [4.78, 5) is 62.0. The molecule has 43 heavy (non-hydrogen) atoms. The van der Waals surface area contributed by atoms with E-state index < -0.39 is 23.5 Å². The van der Waals surface area contributed by atoms with Gasteiger partial charge in [0.15, 0.2) is 0 Å². The van der Waals surface area contributed by atoms with Gasteiger partial charge in [-0.2, -0.15) is 0 Å². The van der Waals surface area contributed by atoms with Gasteiger partial charge in [-0.05, 0) is 74.5 Å². The molecule has 5 aliphatic carbocycles. The van der Waals surface area contributed by atoms with E-state index in [1.807, 2.05) is 11.8 Å². The fourth-order valence-corrected chi connectivity index (χ4v) is 10.1. The molecule has 0 unspecified atom stereocenters. The first-order valence-electron chi connectivity index (χ1n) is 16.1. The van der Waals surface area contributed by atoms with Crippen molar-refractivity contribution in [1.29, 1.82) is 0 Å². The van der Waals surface area contributed by atoms with Gasteiger partial charge in [0.2, 0.25) is 17.7 Å². The maximum atomic E-state index is 14.1. The van der Waals surface area contributed by atoms with Gasteiger partial charge in [-0.1, -0.05) is 13.8 Å². The molecular formula is C32H45N5O5S. The van der Waals surface area contributed by atoms with Gasteiger partial charge in [0, 0.05) is 44.6 Å². The maximum absolute atomic E-state index is 14.1. The van der Waals surface area contributed by atoms with Crippen LogP contribution in [0, 0.1) is 46.3 Å². The van der Waals surface area contributed by atoms with E-state index in [9.17, 15) is 19.2 Å². The molecule has 2 N–H and O–H groups in total. The molecule has 7 fully saturated rings. The number of likely N-dealkylation sites (N-methyl/N-ethyl adjacent to an activating group) is 1. The Morgan fingerprint density at radius 1 is 1.00 bits per heavy atom. The quantitative estimate of drug-likeness (QED) is 0.466. The minimum Gasteiger partial charge on any atom is -0.372 e. The number of ether oxygens (including phenoxy) is 1. The predicted molar refractivity (Wildman–Crippen MR) is 160 cm³/mol. The number of thiazole rings is 1. The largest absolute Gasteiger partial charge is 0.372 e. The Morgan fingerprint density at radius 2 is 1.63 bits per heavy atom. The zero-order valence-corrected chi connectivity index (χ0v) is 26.5. The minimum atomic E-state index is -0.844. The first-order valence-corrected chi connectivity index (χ1v) is 17.0. The summed E-state index contributed by atoms with van der Waals surface area (Å²) < 4.78 is 6.68. The van der Waals surface area contributed by atoms with Gasteiger partial charge in [-0.25, -0.2) is 0 Å². The third-order valence-corrected chi connectivity index (χ3v) is 12.6. The van der Waals surface area contributed by atoms with E-state index in [1.54, 1.807) is 23.7 Å². The number of amides is 4. The van der Waals surface area contributed by atoms with Gasteiger partial charge < -0.3 is 25.2 Å². The fraction of sp³-hybridized carbons (Fsp3) is 0.781. The van der Waals surface area contributed by atoms with Gasteiger partial charge in [-0.3, -0.25) is 24.2 Å². The summed E-state index contributed by atoms with van der Waals surface area (Å²) in [6.07, 6.45) is 8.29. The van der Waals surface area contributed by atoms with Crippen LogP contribution >= 0.6 is 11.3 Å². The van der Waals surface area contributed by atoms with Crippen molar-refractivity contribution in [3.05, 3.63) is 16.6 Å². The van der Waals surface area contributed by atoms with Gasteiger partial charge in [0.1, 0.15) is 10.9 Å². The maximum Gasteiger partial charge on any atom is 0.265 e. The van der Waals surface area contributed by atoms with Crippen molar-refractivity contribution in [1.82, 2.24) is 25.4 Å². The summed E-state index contributed by atoms with van der Waals surface area (Å²) in [5.41, 5.74) is 1.11. The summed E-state index contributed by atoms with van der Waals surface area (Å²) in [5, 5.41) is 5.80. The van der Waals surface area contributed by atoms with Gasteiger partial charge in [0.25, 0.3) is 5.91 Å². The molecule has 4 bridgehead atoms. The number of hydrogen-bond acceptors (Lipinski definition) is 7. The van der Waals surface area contributed by atoms with Crippen LogP contribution in [0.2, 0.25) is 0 Å². The van der Waals surface area contributed by atoms with Crippen LogP contribution in [0.1, 0.15) is 69.0 Å². The second-order valence-electron chi connectivity index (χ2n) is 15.2. The van der Waals surface area contributed by atoms with E-state index in [0.29, 0.717) is 36.3 Å². The highest BCUT2D eigenvalue weighted by Crippen LogP contribution is 2.56. The van der Waals surface area contributed by atoms with E-state index >= 15 is 0 Å². The lowest BCUT2D eigenvalue weighted by atomic mass is 9.55. The Kier molecular flexibility index (Phi) is 7.15. The van der Waals surface area contributed by atoms with Crippen LogP contribution in [0.3, 0.4) is 0 Å². The van der Waals surface area contributed by atoms with Crippen LogP contribution in [-0.2, 0) is 19.1 Å². The third-order valence-electron chi connectivity index (χ3n) is 11.8. The molecule has 2 saturated heterocycles. The Labute approximate surface area is 257 Å². The van der Waals surface area contributed by atoms with Crippen molar-refractivity contribution in [3.63, 3.8) is 0 Å². The molecule has 8 rings (SSSR count). The van der Waals surface area contributed by atoms with E-state index in [1.165, 1.54) is 43.4 Å². The predicted octanol–water partition coefficient (Wildman–Crippen LogP) is 2.55. The zero-order chi connectivity index (χ0) is 30.3. The van der Waals surface area contributed by atoms with Crippen molar-refractivity contribution in [3.8, 4) is 0 Å². The zero-order valence-electron chi connectivity index (χ0n) is 25.7. The number of nitrogens with one attached hydrogen (secondary N) is 2. The van der Waals surface area contributed by atoms with Crippen LogP contribution in [0.4, 0.5) is 0 Å². The summed E-state index contributed by atoms with van der Waals surface area (Å²) in [7, 11) is 1.58. The molecule has 0 radical (unpaired) electrons. The molecule has 5 saturated carbocycles. The topological polar surface area (TPSA) is 121 Å². The Bertz CT molecular complexity index is 1260. The Balaban J connectivity index is 1.07. The van der Waals surface area contributed by atoms with Gasteiger partial charge >= 0.3 is 0 Å². The molecule has 11 heteroatoms. The molecule has 4 amide bonds. The lowest BCUT2D eigenvalue weighted by Crippen LogP contribution is -2.65. The van der Waals surface area contributed by atoms with Crippen LogP contribution in [0.15, 0.2) is 11.7 Å². The van der Waals surface area contributed by atoms with Crippen molar-refractivity contribution in [2.45, 2.75) is 77.5 Å². The number of aromatic nitrogens is 1. The summed E-state index contributed by atoms with van der Waals surface area (Å²) in [5.74, 6) is 1.66. The van der Waals surface area contributed by atoms with E-state index in [2.05, 4.69) is 29.5 Å². The highest BCUT2D eigenvalue weighted by Gasteiger charge is 2.62. The average molecular weight is 612 g/mol. The average Bonchev–Trinajstić information content (AvgIpc) is 3.32. The first kappa shape index (κ1) is 29.2. The molecule has 7 aliphatic rings. The summed E-state index contributed by atoms with van der Waals surface area (Å²) >= 11 is 1.28. The fourth-order valence-electron chi connectivity index (χ4n) is 9.49. The second-order valence-corrected chi connectivity index (χ2v) is 16.1. The molecule has 1 aromatic heterocycles. The molecule has 3 heterocycles. The van der Waals surface area contributed by atoms with E-state index in [0.717, 1.165) is 18.3 Å². The van der Waals surface area contributed by atoms with Crippen molar-refractivity contribution >= 4 is 35.0 Å². The van der Waals surface area contributed by atoms with Crippen LogP contribution in [0.25, 0.3) is 0 Å². The highest BCUT2D eigenvalue weighted by molar-refractivity contribution is 7.11. The number of rotatable bonds is 8. The van der Waals surface area contributed by atoms with Crippen LogP contribution in [0.5, 0.6) is 0 Å². The monoisotopic (exact) mass is 611 g/mol. The molecular weight excluding hydrogens is 566 g/mol. The molecule has 234 valence electrons. The third kappa shape index (κ3) is 5.08. The number of carbonyl (C=O) groups is 4. The normalized spacial score (nSPS) is 35.8. The van der Waals surface area contributed by atoms with Gasteiger partial charge in [0.05, 0.1) is 29.8 Å². The summed E-state index contributed by atoms with van der Waals surface area (Å²) in [6.45, 7) is 7.63. The Morgan fingerprint density at radius 3 is 2.19 bits per heavy atom. The molecule has 0 aromatic carbocycles. The first-order chi connectivity index (χ1) is 20.5. The number of likely N-dealkylation sites (tertiary alicyclic amines) is 2. The van der Waals surface area contributed by atoms with Crippen molar-refractivity contribution < 1.29 is 23.9 Å². The molecule has 1 aromatic rings. The lowest BCUT2D eigenvalue weighted by molar-refractivity contribution is -0.162. The smallest absolute Gasteiger partial charge is 0.265 e. The number of nitrogens with zero attached hydrogens (tertiary/aromatic N) is 3. The SMILES string of the molecule is CNC(=O)[C@@H](NC(=O)[C@@H]1CN(C(=O)c2cncs2)CC12CN(C(=O)[C@H]1CC1(C)C)C2)[C@@H](C)OC1C2CC3CC(C2)CC1C3. The second kappa shape index (κ2) is 10.5. The molecule has 10 nitrogen and oxygen atoms in total. The minimum absolute atomic E-state index is 0.0224. The van der Waals surface area contributed by atoms with Gasteiger partial charge in [-0.15, -0.1) is 11.3 Å². The standard InChI is InChI=1S/C32H45N5O5S/c1-17(42-26-20-6-18-5-19(8-20)9-21(26)7-18)25(28(39)33-4)35-27(38)23-12-36(30(41)24-11-34-16-43-24)13-32(23)14-37(15-32)29(40)22-10-31(22,2)3/h11,16-23,25-26H,5-10,12-15H2,1-4H3,(H,33,39)(H,35,38)/t17-,18?,19?,20?,21?,22-,23+,25+,26?/m1/s1. The van der Waals surface area contributed by atoms with Crippen molar-refractivity contribution in [2.75, 3.05) is 33.2 Å². The van der Waals surface area contributed by atoms with E-state index in [4.69, 9.17) is 4.74 Å².